The molecule has 0 amide bonds. The zero-order valence-electron chi connectivity index (χ0n) is 12.8. The molecule has 1 aliphatic carbocycles. The van der Waals surface area contributed by atoms with E-state index in [9.17, 15) is 0 Å². The van der Waals surface area contributed by atoms with Crippen LogP contribution in [0.3, 0.4) is 0 Å². The number of imidazole rings is 1. The lowest BCUT2D eigenvalue weighted by Gasteiger charge is -2.02. The monoisotopic (exact) mass is 297 g/mol. The molecule has 3 heterocycles. The van der Waals surface area contributed by atoms with Crippen molar-refractivity contribution in [3.05, 3.63) is 42.1 Å². The van der Waals surface area contributed by atoms with Crippen molar-refractivity contribution in [3.63, 3.8) is 0 Å². The highest BCUT2D eigenvalue weighted by molar-refractivity contribution is 5.81. The Labute approximate surface area is 129 Å². The Balaban J connectivity index is 1.56. The van der Waals surface area contributed by atoms with Crippen LogP contribution in [0.2, 0.25) is 0 Å². The second-order valence-electron chi connectivity index (χ2n) is 5.96. The molecule has 3 N–H and O–H groups in total. The van der Waals surface area contributed by atoms with Crippen molar-refractivity contribution in [2.75, 3.05) is 17.6 Å². The quantitative estimate of drug-likeness (QED) is 0.710. The van der Waals surface area contributed by atoms with Crippen LogP contribution in [0, 0.1) is 0 Å². The number of hydrogen-bond donors (Lipinski definition) is 2. The van der Waals surface area contributed by atoms with Gasteiger partial charge in [-0.3, -0.25) is 0 Å². The molecule has 0 saturated carbocycles. The lowest BCUT2D eigenvalue weighted by atomic mass is 10.2. The maximum atomic E-state index is 6.26. The van der Waals surface area contributed by atoms with Gasteiger partial charge in [-0.15, -0.1) is 5.10 Å². The van der Waals surface area contributed by atoms with Crippen LogP contribution in [0.4, 0.5) is 11.5 Å². The number of nitrogens with one attached hydrogen (secondary N) is 1. The van der Waals surface area contributed by atoms with Crippen LogP contribution in [-0.2, 0) is 26.4 Å². The molecule has 0 aromatic carbocycles. The Morgan fingerprint density at radius 2 is 2.27 bits per heavy atom. The third-order valence-corrected chi connectivity index (χ3v) is 4.37. The minimum absolute atomic E-state index is 0.743. The van der Waals surface area contributed by atoms with E-state index < -0.39 is 0 Å². The largest absolute Gasteiger partial charge is 0.394 e. The van der Waals surface area contributed by atoms with Gasteiger partial charge >= 0.3 is 0 Å². The number of hydrogen-bond acceptors (Lipinski definition) is 3. The van der Waals surface area contributed by atoms with E-state index in [0.717, 1.165) is 43.0 Å². The van der Waals surface area contributed by atoms with E-state index in [2.05, 4.69) is 39.6 Å². The van der Waals surface area contributed by atoms with Gasteiger partial charge in [0.05, 0.1) is 19.1 Å². The third kappa shape index (κ3) is 2.11. The summed E-state index contributed by atoms with van der Waals surface area (Å²) in [6.07, 6.45) is 9.60. The van der Waals surface area contributed by atoms with Crippen molar-refractivity contribution in [3.8, 4) is 0 Å². The zero-order valence-corrected chi connectivity index (χ0v) is 12.8. The molecule has 0 radical (unpaired) electrons. The number of nitrogens with two attached hydrogens (primary N) is 1. The molecular formula is C16H21N6+. The number of anilines is 2. The minimum Gasteiger partial charge on any atom is -0.394 e. The summed E-state index contributed by atoms with van der Waals surface area (Å²) in [5.41, 5.74) is 10.7. The van der Waals surface area contributed by atoms with E-state index in [-0.39, 0.29) is 0 Å². The highest BCUT2D eigenvalue weighted by atomic mass is 15.3. The molecule has 0 atom stereocenters. The first kappa shape index (κ1) is 13.2. The summed E-state index contributed by atoms with van der Waals surface area (Å²) in [5.74, 6) is 0.789. The van der Waals surface area contributed by atoms with E-state index in [1.165, 1.54) is 17.7 Å². The van der Waals surface area contributed by atoms with Gasteiger partial charge in [0.1, 0.15) is 24.6 Å². The number of rotatable bonds is 4. The van der Waals surface area contributed by atoms with Crippen LogP contribution < -0.4 is 15.6 Å². The number of nitrogen functional groups attached to an aromatic ring is 1. The summed E-state index contributed by atoms with van der Waals surface area (Å²) in [7, 11) is 2.02. The van der Waals surface area contributed by atoms with Gasteiger partial charge in [-0.2, -0.15) is 0 Å². The third-order valence-electron chi connectivity index (χ3n) is 4.37. The summed E-state index contributed by atoms with van der Waals surface area (Å²) < 4.78 is 6.19. The average molecular weight is 297 g/mol. The van der Waals surface area contributed by atoms with Gasteiger partial charge in [0.25, 0.3) is 0 Å². The Morgan fingerprint density at radius 1 is 1.36 bits per heavy atom. The Kier molecular flexibility index (Phi) is 3.03. The van der Waals surface area contributed by atoms with E-state index in [4.69, 9.17) is 5.73 Å². The van der Waals surface area contributed by atoms with Crippen molar-refractivity contribution in [2.24, 2.45) is 7.05 Å². The van der Waals surface area contributed by atoms with E-state index in [1.54, 1.807) is 0 Å². The molecule has 6 nitrogen and oxygen atoms in total. The minimum atomic E-state index is 0.743. The van der Waals surface area contributed by atoms with Gasteiger partial charge in [0, 0.05) is 5.69 Å². The molecule has 0 saturated heterocycles. The van der Waals surface area contributed by atoms with Crippen molar-refractivity contribution >= 4 is 17.0 Å². The predicted octanol–water partition coefficient (Wildman–Crippen LogP) is 1.14. The molecule has 4 rings (SSSR count). The van der Waals surface area contributed by atoms with E-state index >= 15 is 0 Å². The Morgan fingerprint density at radius 3 is 3.09 bits per heavy atom. The summed E-state index contributed by atoms with van der Waals surface area (Å²) in [6.45, 7) is 1.68. The summed E-state index contributed by atoms with van der Waals surface area (Å²) in [4.78, 5) is 0. The first-order valence-electron chi connectivity index (χ1n) is 7.76. The van der Waals surface area contributed by atoms with Crippen LogP contribution >= 0.6 is 0 Å². The topological polar surface area (TPSA) is 64.2 Å². The summed E-state index contributed by atoms with van der Waals surface area (Å²) in [5, 5.41) is 8.05. The lowest BCUT2D eigenvalue weighted by Crippen LogP contribution is -2.24. The maximum Gasteiger partial charge on any atom is 0.243 e. The van der Waals surface area contributed by atoms with Crippen LogP contribution in [0.5, 0.6) is 0 Å². The van der Waals surface area contributed by atoms with Crippen molar-refractivity contribution < 1.29 is 4.57 Å². The van der Waals surface area contributed by atoms with Gasteiger partial charge in [0.15, 0.2) is 5.82 Å². The fourth-order valence-electron chi connectivity index (χ4n) is 3.23. The van der Waals surface area contributed by atoms with Gasteiger partial charge in [0.2, 0.25) is 6.33 Å². The number of fused-ring (bicyclic) bond motifs is 3. The number of nitrogens with zero attached hydrogens (tertiary/aromatic N) is 4. The molecule has 3 aromatic heterocycles. The molecular weight excluding hydrogens is 276 g/mol. The molecule has 22 heavy (non-hydrogen) atoms. The van der Waals surface area contributed by atoms with E-state index in [0.29, 0.717) is 0 Å². The molecule has 3 aromatic rings. The molecule has 0 spiro atoms. The van der Waals surface area contributed by atoms with E-state index in [1.807, 2.05) is 22.3 Å². The van der Waals surface area contributed by atoms with Crippen molar-refractivity contribution in [1.82, 2.24) is 14.2 Å². The summed E-state index contributed by atoms with van der Waals surface area (Å²) in [6, 6.07) is 4.28. The van der Waals surface area contributed by atoms with Crippen LogP contribution in [0.1, 0.15) is 17.7 Å². The number of aryl methyl sites for hydroxylation is 3. The number of aromatic nitrogens is 4. The molecule has 0 unspecified atom stereocenters. The summed E-state index contributed by atoms with van der Waals surface area (Å²) >= 11 is 0. The molecule has 0 bridgehead atoms. The smallest absolute Gasteiger partial charge is 0.243 e. The fourth-order valence-corrected chi connectivity index (χ4v) is 3.23. The van der Waals surface area contributed by atoms with Crippen LogP contribution in [-0.4, -0.2) is 20.7 Å². The first-order valence-corrected chi connectivity index (χ1v) is 7.76. The van der Waals surface area contributed by atoms with Gasteiger partial charge < -0.3 is 11.1 Å². The molecule has 0 fully saturated rings. The first-order chi connectivity index (χ1) is 10.7. The molecule has 1 aliphatic rings. The molecule has 114 valence electrons. The van der Waals surface area contributed by atoms with Gasteiger partial charge in [-0.05, 0) is 30.9 Å². The lowest BCUT2D eigenvalue weighted by molar-refractivity contribution is -0.671. The second kappa shape index (κ2) is 5.05. The predicted molar refractivity (Wildman–Crippen MR) is 85.7 cm³/mol. The number of pyridine rings is 1. The van der Waals surface area contributed by atoms with Crippen molar-refractivity contribution in [1.29, 1.82) is 0 Å². The fraction of sp³-hybridized carbons (Fsp3) is 0.375. The highest BCUT2D eigenvalue weighted by Crippen LogP contribution is 2.29. The standard InChI is InChI=1S/C16H21N6/c1-20-9-10-21(11-20)8-7-18-16-15(17)14-6-5-12-3-2-4-13(12)22(14)19-16/h5-6,9-11H,2-4,7-8,17H2,1H3,(H,18,19)/q+1. The van der Waals surface area contributed by atoms with Crippen LogP contribution in [0.25, 0.3) is 5.52 Å². The Hall–Kier alpha value is -2.50. The van der Waals surface area contributed by atoms with Gasteiger partial charge in [-0.25, -0.2) is 13.6 Å². The average Bonchev–Trinajstić information content (AvgIpc) is 3.19. The normalized spacial score (nSPS) is 13.7. The zero-order chi connectivity index (χ0) is 15.1. The SMILES string of the molecule is C[n+]1ccn(CCNc2nn3c4c(ccc3c2N)CCC4)c1. The van der Waals surface area contributed by atoms with Crippen molar-refractivity contribution in [2.45, 2.75) is 25.8 Å². The maximum absolute atomic E-state index is 6.26. The highest BCUT2D eigenvalue weighted by Gasteiger charge is 2.18. The molecule has 0 aliphatic heterocycles. The molecule has 6 heteroatoms. The second-order valence-corrected chi connectivity index (χ2v) is 5.96. The Bertz CT molecular complexity index is 829. The van der Waals surface area contributed by atoms with Crippen LogP contribution in [0.15, 0.2) is 30.9 Å². The van der Waals surface area contributed by atoms with Gasteiger partial charge in [-0.1, -0.05) is 6.07 Å².